The minimum atomic E-state index is 0.213. The summed E-state index contributed by atoms with van der Waals surface area (Å²) in [4.78, 5) is 4.95. The highest BCUT2D eigenvalue weighted by atomic mass is 16.6. The second-order valence-corrected chi connectivity index (χ2v) is 6.78. The zero-order valence-corrected chi connectivity index (χ0v) is 17.2. The van der Waals surface area contributed by atoms with Crippen LogP contribution in [0, 0.1) is 0 Å². The fraction of sp³-hybridized carbons (Fsp3) is 0.240. The predicted molar refractivity (Wildman–Crippen MR) is 118 cm³/mol. The molecule has 5 heteroatoms. The Labute approximate surface area is 177 Å². The quantitative estimate of drug-likeness (QED) is 0.374. The number of aliphatic hydroxyl groups excluding tert-OH is 1. The van der Waals surface area contributed by atoms with Gasteiger partial charge in [0.25, 0.3) is 0 Å². The van der Waals surface area contributed by atoms with Crippen LogP contribution in [0.1, 0.15) is 23.1 Å². The van der Waals surface area contributed by atoms with Gasteiger partial charge in [-0.25, -0.2) is 0 Å². The number of hydrogen-bond donors (Lipinski definition) is 1. The van der Waals surface area contributed by atoms with E-state index in [9.17, 15) is 0 Å². The topological polar surface area (TPSA) is 60.3 Å². The summed E-state index contributed by atoms with van der Waals surface area (Å²) in [7, 11) is 1.53. The van der Waals surface area contributed by atoms with Crippen LogP contribution in [-0.4, -0.2) is 31.1 Å². The number of hydrogen-bond acceptors (Lipinski definition) is 5. The zero-order chi connectivity index (χ0) is 21.0. The van der Waals surface area contributed by atoms with Crippen molar-refractivity contribution < 1.29 is 19.4 Å². The molecule has 30 heavy (non-hydrogen) atoms. The molecule has 0 unspecified atom stereocenters. The lowest BCUT2D eigenvalue weighted by molar-refractivity contribution is 0.210. The lowest BCUT2D eigenvalue weighted by atomic mass is 10.1. The molecule has 0 spiro atoms. The molecule has 0 aliphatic heterocycles. The summed E-state index contributed by atoms with van der Waals surface area (Å²) in [5.41, 5.74) is 3.95. The maximum absolute atomic E-state index is 8.90. The average Bonchev–Trinajstić information content (AvgIpc) is 2.81. The monoisotopic (exact) mass is 405 g/mol. The standard InChI is InChI=1S/C25H27NO4/c1-28-26-25(22-7-3-2-4-8-22)19-30-24-15-11-21(12-16-24)18-29-23-13-9-20(10-14-23)6-5-17-27/h2-4,7-16,27H,5-6,17-19H2,1H3/b26-25+. The Balaban J connectivity index is 1.50. The number of ether oxygens (including phenoxy) is 2. The van der Waals surface area contributed by atoms with Gasteiger partial charge in [-0.3, -0.25) is 0 Å². The average molecular weight is 405 g/mol. The summed E-state index contributed by atoms with van der Waals surface area (Å²) < 4.78 is 11.7. The van der Waals surface area contributed by atoms with E-state index in [2.05, 4.69) is 5.16 Å². The van der Waals surface area contributed by atoms with Gasteiger partial charge >= 0.3 is 0 Å². The second kappa shape index (κ2) is 11.6. The van der Waals surface area contributed by atoms with Crippen LogP contribution in [0.5, 0.6) is 11.5 Å². The van der Waals surface area contributed by atoms with Crippen molar-refractivity contribution in [1.29, 1.82) is 0 Å². The van der Waals surface area contributed by atoms with Crippen molar-refractivity contribution in [2.45, 2.75) is 19.4 Å². The van der Waals surface area contributed by atoms with Gasteiger partial charge in [0.1, 0.15) is 37.5 Å². The molecule has 0 heterocycles. The molecule has 0 aliphatic rings. The molecule has 0 fully saturated rings. The molecule has 156 valence electrons. The summed E-state index contributed by atoms with van der Waals surface area (Å²) >= 11 is 0. The van der Waals surface area contributed by atoms with Gasteiger partial charge in [0.2, 0.25) is 0 Å². The Morgan fingerprint density at radius 1 is 0.800 bits per heavy atom. The van der Waals surface area contributed by atoms with Gasteiger partial charge in [-0.15, -0.1) is 0 Å². The Bertz CT molecular complexity index is 906. The van der Waals surface area contributed by atoms with Crippen LogP contribution >= 0.6 is 0 Å². The summed E-state index contributed by atoms with van der Waals surface area (Å²) in [5.74, 6) is 1.58. The maximum atomic E-state index is 8.90. The second-order valence-electron chi connectivity index (χ2n) is 6.78. The van der Waals surface area contributed by atoms with Crippen LogP contribution in [0.15, 0.2) is 84.0 Å². The Morgan fingerprint density at radius 2 is 1.43 bits per heavy atom. The molecule has 3 aromatic rings. The maximum Gasteiger partial charge on any atom is 0.134 e. The summed E-state index contributed by atoms with van der Waals surface area (Å²) in [6, 6.07) is 25.6. The highest BCUT2D eigenvalue weighted by molar-refractivity contribution is 6.01. The Kier molecular flexibility index (Phi) is 8.30. The molecular weight excluding hydrogens is 378 g/mol. The fourth-order valence-corrected chi connectivity index (χ4v) is 2.94. The molecule has 0 bridgehead atoms. The molecule has 0 radical (unpaired) electrons. The van der Waals surface area contributed by atoms with Crippen LogP contribution in [0.2, 0.25) is 0 Å². The molecule has 1 N–H and O–H groups in total. The first-order valence-corrected chi connectivity index (χ1v) is 9.98. The minimum Gasteiger partial charge on any atom is -0.489 e. The number of nitrogens with zero attached hydrogens (tertiary/aromatic N) is 1. The van der Waals surface area contributed by atoms with Crippen LogP contribution < -0.4 is 9.47 Å². The highest BCUT2D eigenvalue weighted by Gasteiger charge is 2.06. The van der Waals surface area contributed by atoms with Crippen LogP contribution in [-0.2, 0) is 17.9 Å². The minimum absolute atomic E-state index is 0.213. The van der Waals surface area contributed by atoms with Crippen LogP contribution in [0.4, 0.5) is 0 Å². The molecule has 0 saturated heterocycles. The normalized spacial score (nSPS) is 11.2. The van der Waals surface area contributed by atoms with Crippen molar-refractivity contribution in [2.24, 2.45) is 5.16 Å². The largest absolute Gasteiger partial charge is 0.489 e. The number of oxime groups is 1. The predicted octanol–water partition coefficient (Wildman–Crippen LogP) is 4.62. The zero-order valence-electron chi connectivity index (χ0n) is 17.2. The SMILES string of the molecule is CO/N=C(\COc1ccc(COc2ccc(CCCO)cc2)cc1)c1ccccc1. The summed E-state index contributed by atoms with van der Waals surface area (Å²) in [6.45, 7) is 1.01. The lowest BCUT2D eigenvalue weighted by Crippen LogP contribution is -2.13. The number of aryl methyl sites for hydroxylation is 1. The fourth-order valence-electron chi connectivity index (χ4n) is 2.94. The van der Waals surface area contributed by atoms with E-state index in [4.69, 9.17) is 19.4 Å². The van der Waals surface area contributed by atoms with Crippen molar-refractivity contribution in [1.82, 2.24) is 0 Å². The molecule has 0 aliphatic carbocycles. The summed E-state index contributed by atoms with van der Waals surface area (Å²) in [6.07, 6.45) is 1.65. The van der Waals surface area contributed by atoms with Gasteiger partial charge in [0.05, 0.1) is 0 Å². The van der Waals surface area contributed by atoms with Crippen molar-refractivity contribution >= 4 is 5.71 Å². The number of aliphatic hydroxyl groups is 1. The van der Waals surface area contributed by atoms with Crippen LogP contribution in [0.25, 0.3) is 0 Å². The molecule has 0 aromatic heterocycles. The first-order chi connectivity index (χ1) is 14.8. The van der Waals surface area contributed by atoms with Crippen LogP contribution in [0.3, 0.4) is 0 Å². The lowest BCUT2D eigenvalue weighted by Gasteiger charge is -2.10. The van der Waals surface area contributed by atoms with E-state index in [1.807, 2.05) is 78.9 Å². The number of rotatable bonds is 11. The van der Waals surface area contributed by atoms with Gasteiger partial charge in [0, 0.05) is 12.2 Å². The Morgan fingerprint density at radius 3 is 2.07 bits per heavy atom. The van der Waals surface area contributed by atoms with E-state index in [1.165, 1.54) is 12.7 Å². The highest BCUT2D eigenvalue weighted by Crippen LogP contribution is 2.17. The molecular formula is C25H27NO4. The third-order valence-electron chi connectivity index (χ3n) is 4.56. The molecule has 5 nitrogen and oxygen atoms in total. The van der Waals surface area contributed by atoms with E-state index < -0.39 is 0 Å². The first kappa shape index (κ1) is 21.4. The molecule has 3 rings (SSSR count). The molecule has 0 amide bonds. The van der Waals surface area contributed by atoms with Gasteiger partial charge in [0.15, 0.2) is 0 Å². The van der Waals surface area contributed by atoms with Crippen molar-refractivity contribution in [3.63, 3.8) is 0 Å². The molecule has 3 aromatic carbocycles. The van der Waals surface area contributed by atoms with Gasteiger partial charge < -0.3 is 19.4 Å². The van der Waals surface area contributed by atoms with Crippen molar-refractivity contribution in [3.05, 3.63) is 95.6 Å². The third-order valence-corrected chi connectivity index (χ3v) is 4.56. The number of benzene rings is 3. The third kappa shape index (κ3) is 6.64. The van der Waals surface area contributed by atoms with Gasteiger partial charge in [-0.1, -0.05) is 59.8 Å². The molecule has 0 atom stereocenters. The molecule has 0 saturated carbocycles. The van der Waals surface area contributed by atoms with Gasteiger partial charge in [-0.05, 0) is 48.2 Å². The Hall–Kier alpha value is -3.31. The van der Waals surface area contributed by atoms with E-state index in [0.717, 1.165) is 41.2 Å². The first-order valence-electron chi connectivity index (χ1n) is 9.98. The summed E-state index contributed by atoms with van der Waals surface area (Å²) in [5, 5.41) is 13.0. The smallest absolute Gasteiger partial charge is 0.134 e. The van der Waals surface area contributed by atoms with E-state index in [-0.39, 0.29) is 6.61 Å². The van der Waals surface area contributed by atoms with Crippen molar-refractivity contribution in [2.75, 3.05) is 20.3 Å². The van der Waals surface area contributed by atoms with E-state index in [1.54, 1.807) is 0 Å². The van der Waals surface area contributed by atoms with Gasteiger partial charge in [-0.2, -0.15) is 0 Å². The van der Waals surface area contributed by atoms with Crippen molar-refractivity contribution in [3.8, 4) is 11.5 Å². The van der Waals surface area contributed by atoms with E-state index in [0.29, 0.717) is 13.2 Å². The van der Waals surface area contributed by atoms with E-state index >= 15 is 0 Å².